The van der Waals surface area contributed by atoms with E-state index in [9.17, 15) is 15.0 Å². The molecule has 0 unspecified atom stereocenters. The maximum absolute atomic E-state index is 13.0. The standard InChI is InChI=1S/C22H32O3/c1-4-21-13-12-17(20(21,2)3)15-22(21,25)19(24)14-18(23)11-10-16-8-6-5-7-9-16/h5-9,17-18,23,25H,4,10-15H2,1-3H3/t17-,18+,21-,22+/m1/s1. The second-order valence-electron chi connectivity index (χ2n) is 8.76. The number of ketones is 1. The Balaban J connectivity index is 1.66. The van der Waals surface area contributed by atoms with Crippen LogP contribution in [0.2, 0.25) is 0 Å². The zero-order chi connectivity index (χ0) is 18.3. The van der Waals surface area contributed by atoms with Crippen LogP contribution >= 0.6 is 0 Å². The topological polar surface area (TPSA) is 57.5 Å². The average molecular weight is 344 g/mol. The normalized spacial score (nSPS) is 34.2. The van der Waals surface area contributed by atoms with Crippen molar-refractivity contribution in [3.05, 3.63) is 35.9 Å². The van der Waals surface area contributed by atoms with E-state index < -0.39 is 11.7 Å². The molecule has 0 amide bonds. The fraction of sp³-hybridized carbons (Fsp3) is 0.682. The molecule has 0 radical (unpaired) electrons. The van der Waals surface area contributed by atoms with Gasteiger partial charge in [0.05, 0.1) is 6.10 Å². The van der Waals surface area contributed by atoms with Crippen molar-refractivity contribution in [3.63, 3.8) is 0 Å². The lowest BCUT2D eigenvalue weighted by molar-refractivity contribution is -0.160. The van der Waals surface area contributed by atoms with Gasteiger partial charge in [0.15, 0.2) is 5.78 Å². The lowest BCUT2D eigenvalue weighted by Gasteiger charge is -2.46. The Morgan fingerprint density at radius 3 is 2.56 bits per heavy atom. The van der Waals surface area contributed by atoms with Crippen molar-refractivity contribution < 1.29 is 15.0 Å². The molecule has 2 fully saturated rings. The SMILES string of the molecule is CC[C@]12CC[C@H](C[C@]1(O)C(=O)C[C@@H](O)CCc1ccccc1)C2(C)C. The van der Waals surface area contributed by atoms with Gasteiger partial charge in [0.1, 0.15) is 5.60 Å². The zero-order valence-corrected chi connectivity index (χ0v) is 15.8. The molecule has 0 heterocycles. The second kappa shape index (κ2) is 6.51. The van der Waals surface area contributed by atoms with Crippen molar-refractivity contribution in [1.29, 1.82) is 0 Å². The summed E-state index contributed by atoms with van der Waals surface area (Å²) >= 11 is 0. The number of aliphatic hydroxyl groups excluding tert-OH is 1. The molecule has 3 rings (SSSR count). The van der Waals surface area contributed by atoms with E-state index in [-0.39, 0.29) is 23.0 Å². The number of aliphatic hydroxyl groups is 2. The number of benzene rings is 1. The van der Waals surface area contributed by atoms with Crippen LogP contribution in [0.1, 0.15) is 64.9 Å². The van der Waals surface area contributed by atoms with Crippen molar-refractivity contribution >= 4 is 5.78 Å². The number of rotatable bonds is 7. The summed E-state index contributed by atoms with van der Waals surface area (Å²) in [5.41, 5.74) is -0.442. The van der Waals surface area contributed by atoms with Crippen LogP contribution in [0.25, 0.3) is 0 Å². The van der Waals surface area contributed by atoms with Crippen LogP contribution in [-0.2, 0) is 11.2 Å². The van der Waals surface area contributed by atoms with Crippen LogP contribution in [0.3, 0.4) is 0 Å². The van der Waals surface area contributed by atoms with E-state index in [1.807, 2.05) is 30.3 Å². The molecule has 2 N–H and O–H groups in total. The predicted octanol–water partition coefficient (Wildman–Crippen LogP) is 3.91. The highest BCUT2D eigenvalue weighted by Gasteiger charge is 2.72. The third kappa shape index (κ3) is 2.76. The Bertz CT molecular complexity index is 623. The number of hydrogen-bond donors (Lipinski definition) is 2. The Hall–Kier alpha value is -1.19. The molecule has 3 nitrogen and oxygen atoms in total. The molecule has 0 spiro atoms. The third-order valence-corrected chi connectivity index (χ3v) is 7.60. The highest BCUT2D eigenvalue weighted by molar-refractivity contribution is 5.89. The molecule has 25 heavy (non-hydrogen) atoms. The highest BCUT2D eigenvalue weighted by Crippen LogP contribution is 2.71. The lowest BCUT2D eigenvalue weighted by atomic mass is 9.60. The zero-order valence-electron chi connectivity index (χ0n) is 15.8. The van der Waals surface area contributed by atoms with Crippen molar-refractivity contribution in [2.75, 3.05) is 0 Å². The summed E-state index contributed by atoms with van der Waals surface area (Å²) in [6, 6.07) is 10.0. The van der Waals surface area contributed by atoms with Crippen molar-refractivity contribution in [1.82, 2.24) is 0 Å². The van der Waals surface area contributed by atoms with E-state index in [4.69, 9.17) is 0 Å². The molecule has 2 saturated carbocycles. The Labute approximate surface area is 151 Å². The molecule has 2 aliphatic rings. The fourth-order valence-corrected chi connectivity index (χ4v) is 5.91. The first-order valence-electron chi connectivity index (χ1n) is 9.74. The Morgan fingerprint density at radius 2 is 1.96 bits per heavy atom. The van der Waals surface area contributed by atoms with E-state index in [1.54, 1.807) is 0 Å². The molecule has 0 saturated heterocycles. The van der Waals surface area contributed by atoms with Crippen LogP contribution in [0.5, 0.6) is 0 Å². The van der Waals surface area contributed by atoms with Gasteiger partial charge in [0.25, 0.3) is 0 Å². The molecular weight excluding hydrogens is 312 g/mol. The smallest absolute Gasteiger partial charge is 0.167 e. The number of hydrogen-bond acceptors (Lipinski definition) is 3. The van der Waals surface area contributed by atoms with Crippen LogP contribution < -0.4 is 0 Å². The first kappa shape index (κ1) is 18.6. The number of carbonyl (C=O) groups excluding carboxylic acids is 1. The van der Waals surface area contributed by atoms with E-state index in [1.165, 1.54) is 5.56 Å². The summed E-state index contributed by atoms with van der Waals surface area (Å²) in [4.78, 5) is 13.0. The first-order chi connectivity index (χ1) is 11.8. The molecule has 138 valence electrons. The summed E-state index contributed by atoms with van der Waals surface area (Å²) in [5.74, 6) is 0.257. The van der Waals surface area contributed by atoms with Gasteiger partial charge in [-0.15, -0.1) is 0 Å². The molecule has 3 heteroatoms. The number of carbonyl (C=O) groups is 1. The molecular formula is C22H32O3. The monoisotopic (exact) mass is 344 g/mol. The summed E-state index contributed by atoms with van der Waals surface area (Å²) in [6.45, 7) is 6.52. The summed E-state index contributed by atoms with van der Waals surface area (Å²) < 4.78 is 0. The first-order valence-corrected chi connectivity index (χ1v) is 9.74. The van der Waals surface area contributed by atoms with Gasteiger partial charge in [0, 0.05) is 11.8 Å². The minimum atomic E-state index is -1.26. The quantitative estimate of drug-likeness (QED) is 0.788. The fourth-order valence-electron chi connectivity index (χ4n) is 5.91. The van der Waals surface area contributed by atoms with E-state index in [0.717, 1.165) is 25.7 Å². The van der Waals surface area contributed by atoms with Gasteiger partial charge in [0.2, 0.25) is 0 Å². The number of Topliss-reactive ketones (excluding diaryl/α,β-unsaturated/α-hetero) is 1. The number of aryl methyl sites for hydroxylation is 1. The molecule has 1 aromatic rings. The van der Waals surface area contributed by atoms with Gasteiger partial charge in [-0.1, -0.05) is 51.1 Å². The summed E-state index contributed by atoms with van der Waals surface area (Å²) in [5, 5.41) is 21.8. The molecule has 1 aromatic carbocycles. The summed E-state index contributed by atoms with van der Waals surface area (Å²) in [6.07, 6.45) is 4.09. The van der Waals surface area contributed by atoms with Crippen molar-refractivity contribution in [3.8, 4) is 0 Å². The van der Waals surface area contributed by atoms with Crippen LogP contribution in [-0.4, -0.2) is 27.7 Å². The Morgan fingerprint density at radius 1 is 1.28 bits per heavy atom. The van der Waals surface area contributed by atoms with Crippen molar-refractivity contribution in [2.45, 2.75) is 77.4 Å². The number of fused-ring (bicyclic) bond motifs is 2. The Kier molecular flexibility index (Phi) is 4.85. The highest BCUT2D eigenvalue weighted by atomic mass is 16.3. The van der Waals surface area contributed by atoms with Crippen LogP contribution in [0.15, 0.2) is 30.3 Å². The minimum absolute atomic E-state index is 0.0127. The van der Waals surface area contributed by atoms with E-state index in [2.05, 4.69) is 20.8 Å². The van der Waals surface area contributed by atoms with Gasteiger partial charge in [-0.3, -0.25) is 4.79 Å². The van der Waals surface area contributed by atoms with Gasteiger partial charge < -0.3 is 10.2 Å². The second-order valence-corrected chi connectivity index (χ2v) is 8.76. The maximum Gasteiger partial charge on any atom is 0.167 e. The van der Waals surface area contributed by atoms with E-state index >= 15 is 0 Å². The molecule has 0 aromatic heterocycles. The lowest BCUT2D eigenvalue weighted by Crippen LogP contribution is -2.55. The van der Waals surface area contributed by atoms with Gasteiger partial charge in [-0.05, 0) is 55.4 Å². The van der Waals surface area contributed by atoms with Crippen LogP contribution in [0, 0.1) is 16.7 Å². The minimum Gasteiger partial charge on any atom is -0.393 e. The van der Waals surface area contributed by atoms with Crippen LogP contribution in [0.4, 0.5) is 0 Å². The maximum atomic E-state index is 13.0. The van der Waals surface area contributed by atoms with Gasteiger partial charge >= 0.3 is 0 Å². The van der Waals surface area contributed by atoms with E-state index in [0.29, 0.717) is 18.8 Å². The molecule has 0 aliphatic heterocycles. The van der Waals surface area contributed by atoms with Crippen molar-refractivity contribution in [2.24, 2.45) is 16.7 Å². The van der Waals surface area contributed by atoms with Gasteiger partial charge in [-0.25, -0.2) is 0 Å². The molecule has 2 bridgehead atoms. The largest absolute Gasteiger partial charge is 0.393 e. The summed E-state index contributed by atoms with van der Waals surface area (Å²) in [7, 11) is 0. The predicted molar refractivity (Wildman–Crippen MR) is 99.2 cm³/mol. The third-order valence-electron chi connectivity index (χ3n) is 7.60. The molecule has 4 atom stereocenters. The van der Waals surface area contributed by atoms with Gasteiger partial charge in [-0.2, -0.15) is 0 Å². The molecule has 2 aliphatic carbocycles. The average Bonchev–Trinajstić information content (AvgIpc) is 2.94.